The predicted molar refractivity (Wildman–Crippen MR) is 65.0 cm³/mol. The normalized spacial score (nSPS) is 22.2. The fraction of sp³-hybridized carbons (Fsp3) is 0.385. The molecule has 3 rings (SSSR count). The van der Waals surface area contributed by atoms with Gasteiger partial charge in [-0.1, -0.05) is 5.16 Å². The van der Waals surface area contributed by atoms with Crippen molar-refractivity contribution in [3.05, 3.63) is 35.4 Å². The highest BCUT2D eigenvalue weighted by Gasteiger charge is 2.38. The number of amides is 1. The molecule has 1 saturated heterocycles. The van der Waals surface area contributed by atoms with Crippen molar-refractivity contribution in [2.45, 2.75) is 18.6 Å². The summed E-state index contributed by atoms with van der Waals surface area (Å²) in [5, 5.41) is 12.8. The first-order chi connectivity index (χ1) is 9.54. The highest BCUT2D eigenvalue weighted by molar-refractivity contribution is 6.04. The third kappa shape index (κ3) is 2.24. The zero-order chi connectivity index (χ0) is 14.3. The number of aliphatic hydroxyl groups is 1. The van der Waals surface area contributed by atoms with E-state index in [-0.39, 0.29) is 36.7 Å². The lowest BCUT2D eigenvalue weighted by Gasteiger charge is -2.36. The fourth-order valence-corrected chi connectivity index (χ4v) is 2.23. The summed E-state index contributed by atoms with van der Waals surface area (Å²) in [7, 11) is 0. The summed E-state index contributed by atoms with van der Waals surface area (Å²) in [6.45, 7) is 0.532. The molecule has 2 heterocycles. The molecule has 1 aromatic rings. The summed E-state index contributed by atoms with van der Waals surface area (Å²) in [6, 6.07) is 3.05. The van der Waals surface area contributed by atoms with Gasteiger partial charge in [-0.3, -0.25) is 4.79 Å². The van der Waals surface area contributed by atoms with Crippen LogP contribution in [-0.4, -0.2) is 46.9 Å². The quantitative estimate of drug-likeness (QED) is 0.867. The van der Waals surface area contributed by atoms with Crippen LogP contribution >= 0.6 is 0 Å². The Labute approximate surface area is 113 Å². The van der Waals surface area contributed by atoms with Gasteiger partial charge in [-0.05, 0) is 18.2 Å². The van der Waals surface area contributed by atoms with Crippen molar-refractivity contribution < 1.29 is 23.5 Å². The van der Waals surface area contributed by atoms with Crippen LogP contribution in [-0.2, 0) is 9.63 Å². The van der Waals surface area contributed by atoms with Crippen LogP contribution in [0.1, 0.15) is 12.0 Å². The van der Waals surface area contributed by atoms with Crippen LogP contribution in [0.3, 0.4) is 0 Å². The average molecular weight is 282 g/mol. The molecule has 0 aromatic heterocycles. The smallest absolute Gasteiger partial charge is 0.267 e. The number of carbonyl (C=O) groups is 1. The Balaban J connectivity index is 1.70. The number of benzene rings is 1. The van der Waals surface area contributed by atoms with E-state index in [1.807, 2.05) is 0 Å². The molecule has 1 N–H and O–H groups in total. The number of rotatable bonds is 2. The van der Waals surface area contributed by atoms with Crippen LogP contribution in [0.15, 0.2) is 23.4 Å². The summed E-state index contributed by atoms with van der Waals surface area (Å²) in [5.74, 6) is -1.49. The second kappa shape index (κ2) is 4.82. The maximum Gasteiger partial charge on any atom is 0.267 e. The third-order valence-corrected chi connectivity index (χ3v) is 3.36. The van der Waals surface area contributed by atoms with Crippen molar-refractivity contribution in [3.8, 4) is 0 Å². The van der Waals surface area contributed by atoms with Gasteiger partial charge in [0.15, 0.2) is 0 Å². The van der Waals surface area contributed by atoms with Gasteiger partial charge in [0.05, 0.1) is 11.8 Å². The number of nitrogens with zero attached hydrogens (tertiary/aromatic N) is 2. The van der Waals surface area contributed by atoms with Crippen LogP contribution in [0.25, 0.3) is 0 Å². The molecule has 5 nitrogen and oxygen atoms in total. The van der Waals surface area contributed by atoms with Crippen molar-refractivity contribution in [3.63, 3.8) is 0 Å². The van der Waals surface area contributed by atoms with Crippen molar-refractivity contribution in [2.75, 3.05) is 13.1 Å². The highest BCUT2D eigenvalue weighted by atomic mass is 19.1. The number of likely N-dealkylation sites (tertiary alicyclic amines) is 1. The number of halogens is 2. The first-order valence-corrected chi connectivity index (χ1v) is 6.19. The van der Waals surface area contributed by atoms with Gasteiger partial charge in [-0.2, -0.15) is 0 Å². The van der Waals surface area contributed by atoms with E-state index in [4.69, 9.17) is 9.94 Å². The summed E-state index contributed by atoms with van der Waals surface area (Å²) >= 11 is 0. The summed E-state index contributed by atoms with van der Waals surface area (Å²) in [6.07, 6.45) is -1.24. The molecule has 0 spiro atoms. The molecule has 106 valence electrons. The van der Waals surface area contributed by atoms with Crippen LogP contribution in [0.5, 0.6) is 0 Å². The van der Waals surface area contributed by atoms with Crippen molar-refractivity contribution >= 4 is 11.6 Å². The van der Waals surface area contributed by atoms with E-state index in [0.29, 0.717) is 0 Å². The Hall–Kier alpha value is -2.02. The molecule has 20 heavy (non-hydrogen) atoms. The summed E-state index contributed by atoms with van der Waals surface area (Å²) in [4.78, 5) is 18.4. The molecular formula is C13H12F2N2O3. The maximum absolute atomic E-state index is 13.6. The second-order valence-corrected chi connectivity index (χ2v) is 4.86. The van der Waals surface area contributed by atoms with Gasteiger partial charge in [0, 0.05) is 25.1 Å². The maximum atomic E-state index is 13.6. The van der Waals surface area contributed by atoms with Gasteiger partial charge in [-0.25, -0.2) is 8.78 Å². The second-order valence-electron chi connectivity index (χ2n) is 4.86. The van der Waals surface area contributed by atoms with E-state index in [1.165, 1.54) is 4.90 Å². The third-order valence-electron chi connectivity index (χ3n) is 3.36. The number of β-amino-alcohol motifs (C(OH)–C–C–N with tert-alkyl or cyclic N) is 1. The van der Waals surface area contributed by atoms with E-state index in [1.54, 1.807) is 0 Å². The minimum absolute atomic E-state index is 0.00365. The van der Waals surface area contributed by atoms with E-state index >= 15 is 0 Å². The van der Waals surface area contributed by atoms with Gasteiger partial charge in [0.2, 0.25) is 6.10 Å². The Morgan fingerprint density at radius 3 is 2.85 bits per heavy atom. The standard InChI is InChI=1S/C13H12F2N2O3/c14-7-1-2-10(15)9(3-7)11-4-12(20-16-11)13(19)17-5-8(18)6-17/h1-3,8,12,18H,4-6H2/t12-/m0/s1. The first kappa shape index (κ1) is 13.0. The topological polar surface area (TPSA) is 62.1 Å². The summed E-state index contributed by atoms with van der Waals surface area (Å²) in [5.41, 5.74) is 0.213. The number of hydrogen-bond acceptors (Lipinski definition) is 4. The lowest BCUT2D eigenvalue weighted by molar-refractivity contribution is -0.152. The first-order valence-electron chi connectivity index (χ1n) is 6.19. The Kier molecular flexibility index (Phi) is 3.13. The number of carbonyl (C=O) groups excluding carboxylic acids is 1. The number of hydrogen-bond donors (Lipinski definition) is 1. The van der Waals surface area contributed by atoms with Gasteiger partial charge in [0.25, 0.3) is 5.91 Å². The molecule has 2 aliphatic rings. The largest absolute Gasteiger partial charge is 0.389 e. The highest BCUT2D eigenvalue weighted by Crippen LogP contribution is 2.22. The zero-order valence-corrected chi connectivity index (χ0v) is 10.4. The Morgan fingerprint density at radius 1 is 1.40 bits per heavy atom. The number of oxime groups is 1. The van der Waals surface area contributed by atoms with Crippen molar-refractivity contribution in [2.24, 2.45) is 5.16 Å². The zero-order valence-electron chi connectivity index (χ0n) is 10.4. The molecule has 0 bridgehead atoms. The minimum atomic E-state index is -0.833. The molecule has 7 heteroatoms. The van der Waals surface area contributed by atoms with E-state index in [9.17, 15) is 13.6 Å². The molecule has 0 radical (unpaired) electrons. The molecule has 0 unspecified atom stereocenters. The van der Waals surface area contributed by atoms with Gasteiger partial charge in [0.1, 0.15) is 11.6 Å². The monoisotopic (exact) mass is 282 g/mol. The lowest BCUT2D eigenvalue weighted by atomic mass is 10.0. The van der Waals surface area contributed by atoms with E-state index < -0.39 is 23.8 Å². The molecule has 0 saturated carbocycles. The molecule has 1 amide bonds. The molecule has 2 aliphatic heterocycles. The van der Waals surface area contributed by atoms with Crippen LogP contribution in [0, 0.1) is 11.6 Å². The van der Waals surface area contributed by atoms with Gasteiger partial charge < -0.3 is 14.8 Å². The number of aliphatic hydroxyl groups excluding tert-OH is 1. The van der Waals surface area contributed by atoms with E-state index in [0.717, 1.165) is 18.2 Å². The average Bonchev–Trinajstić information content (AvgIpc) is 2.86. The van der Waals surface area contributed by atoms with Crippen LogP contribution < -0.4 is 0 Å². The van der Waals surface area contributed by atoms with Crippen LogP contribution in [0.2, 0.25) is 0 Å². The minimum Gasteiger partial charge on any atom is -0.389 e. The Bertz CT molecular complexity index is 585. The molecule has 1 atom stereocenters. The molecular weight excluding hydrogens is 270 g/mol. The van der Waals surface area contributed by atoms with Crippen molar-refractivity contribution in [1.82, 2.24) is 4.90 Å². The SMILES string of the molecule is O=C([C@@H]1CC(c2cc(F)ccc2F)=NO1)N1CC(O)C1. The van der Waals surface area contributed by atoms with Gasteiger partial charge >= 0.3 is 0 Å². The predicted octanol–water partition coefficient (Wildman–Crippen LogP) is 0.661. The lowest BCUT2D eigenvalue weighted by Crippen LogP contribution is -2.56. The molecule has 1 fully saturated rings. The molecule has 0 aliphatic carbocycles. The van der Waals surface area contributed by atoms with Crippen molar-refractivity contribution in [1.29, 1.82) is 0 Å². The Morgan fingerprint density at radius 2 is 2.15 bits per heavy atom. The summed E-state index contributed by atoms with van der Waals surface area (Å²) < 4.78 is 26.7. The molecule has 1 aromatic carbocycles. The van der Waals surface area contributed by atoms with Crippen LogP contribution in [0.4, 0.5) is 8.78 Å². The van der Waals surface area contributed by atoms with Gasteiger partial charge in [-0.15, -0.1) is 0 Å². The fourth-order valence-electron chi connectivity index (χ4n) is 2.23. The van der Waals surface area contributed by atoms with E-state index in [2.05, 4.69) is 5.16 Å².